The highest BCUT2D eigenvalue weighted by Gasteiger charge is 2.16. The number of aliphatic hydroxyl groups excluding tert-OH is 1. The summed E-state index contributed by atoms with van der Waals surface area (Å²) in [5.74, 6) is 0.600. The number of rotatable bonds is 4. The molecule has 7 heteroatoms. The van der Waals surface area contributed by atoms with Crippen LogP contribution < -0.4 is 5.73 Å². The van der Waals surface area contributed by atoms with Crippen LogP contribution in [0, 0.1) is 0 Å². The average molecular weight is 223 g/mol. The summed E-state index contributed by atoms with van der Waals surface area (Å²) in [7, 11) is 1.80. The van der Waals surface area contributed by atoms with Crippen LogP contribution >= 0.6 is 0 Å². The summed E-state index contributed by atoms with van der Waals surface area (Å²) in [6.45, 7) is 0.367. The molecule has 0 bridgehead atoms. The van der Waals surface area contributed by atoms with E-state index in [4.69, 9.17) is 10.3 Å². The Morgan fingerprint density at radius 1 is 1.62 bits per heavy atom. The minimum Gasteiger partial charge on any atom is -0.383 e. The van der Waals surface area contributed by atoms with Crippen molar-refractivity contribution in [2.75, 3.05) is 6.54 Å². The zero-order valence-corrected chi connectivity index (χ0v) is 8.87. The maximum atomic E-state index is 9.59. The molecule has 0 aliphatic carbocycles. The van der Waals surface area contributed by atoms with E-state index in [1.54, 1.807) is 24.1 Å². The van der Waals surface area contributed by atoms with Gasteiger partial charge in [-0.3, -0.25) is 4.68 Å². The van der Waals surface area contributed by atoms with E-state index in [2.05, 4.69) is 15.2 Å². The smallest absolute Gasteiger partial charge is 0.255 e. The Labute approximate surface area is 91.9 Å². The molecule has 0 fully saturated rings. The van der Waals surface area contributed by atoms with Crippen molar-refractivity contribution in [1.82, 2.24) is 19.9 Å². The molecule has 2 aromatic heterocycles. The van der Waals surface area contributed by atoms with Crippen molar-refractivity contribution in [3.8, 4) is 11.4 Å². The Hall–Kier alpha value is -1.73. The van der Waals surface area contributed by atoms with E-state index in [-0.39, 0.29) is 5.89 Å². The van der Waals surface area contributed by atoms with Gasteiger partial charge in [-0.05, 0) is 13.0 Å². The molecule has 2 aromatic rings. The summed E-state index contributed by atoms with van der Waals surface area (Å²) in [4.78, 5) is 4.08. The monoisotopic (exact) mass is 223 g/mol. The topological polar surface area (TPSA) is 103 Å². The fourth-order valence-corrected chi connectivity index (χ4v) is 1.31. The normalized spacial score (nSPS) is 12.9. The third-order valence-electron chi connectivity index (χ3n) is 2.13. The standard InChI is InChI=1S/C9H13N5O2/c1-14-5-6(4-11-14)8-12-9(16-13-8)7(15)2-3-10/h4-5,7,15H,2-3,10H2,1H3/t7-/m0/s1. The molecule has 2 rings (SSSR count). The van der Waals surface area contributed by atoms with E-state index >= 15 is 0 Å². The van der Waals surface area contributed by atoms with Crippen LogP contribution in [0.2, 0.25) is 0 Å². The molecular formula is C9H13N5O2. The Balaban J connectivity index is 2.19. The fraction of sp³-hybridized carbons (Fsp3) is 0.444. The first-order chi connectivity index (χ1) is 7.70. The summed E-state index contributed by atoms with van der Waals surface area (Å²) in [5.41, 5.74) is 6.07. The third-order valence-corrected chi connectivity index (χ3v) is 2.13. The molecule has 0 unspecified atom stereocenters. The molecule has 0 saturated carbocycles. The predicted octanol–water partition coefficient (Wildman–Crippen LogP) is -0.148. The Bertz CT molecular complexity index is 464. The molecule has 0 amide bonds. The van der Waals surface area contributed by atoms with E-state index < -0.39 is 6.10 Å². The van der Waals surface area contributed by atoms with E-state index in [1.807, 2.05) is 0 Å². The van der Waals surface area contributed by atoms with Crippen LogP contribution in [0.15, 0.2) is 16.9 Å². The summed E-state index contributed by atoms with van der Waals surface area (Å²) in [5, 5.41) is 17.3. The molecule has 0 radical (unpaired) electrons. The SMILES string of the molecule is Cn1cc(-c2noc([C@@H](O)CCN)n2)cn1. The van der Waals surface area contributed by atoms with Gasteiger partial charge >= 0.3 is 0 Å². The van der Waals surface area contributed by atoms with Crippen molar-refractivity contribution in [3.63, 3.8) is 0 Å². The first kappa shape index (κ1) is 10.8. The van der Waals surface area contributed by atoms with Crippen LogP contribution in [-0.2, 0) is 7.05 Å². The van der Waals surface area contributed by atoms with E-state index in [9.17, 15) is 5.11 Å². The molecule has 0 saturated heterocycles. The molecule has 0 spiro atoms. The number of hydrogen-bond acceptors (Lipinski definition) is 6. The lowest BCUT2D eigenvalue weighted by atomic mass is 10.2. The van der Waals surface area contributed by atoms with Gasteiger partial charge in [0, 0.05) is 13.2 Å². The number of aryl methyl sites for hydroxylation is 1. The Morgan fingerprint density at radius 3 is 3.06 bits per heavy atom. The first-order valence-corrected chi connectivity index (χ1v) is 4.91. The number of aromatic nitrogens is 4. The van der Waals surface area contributed by atoms with E-state index in [0.29, 0.717) is 18.8 Å². The van der Waals surface area contributed by atoms with Gasteiger partial charge in [0.1, 0.15) is 6.10 Å². The van der Waals surface area contributed by atoms with Gasteiger partial charge in [0.25, 0.3) is 5.89 Å². The quantitative estimate of drug-likeness (QED) is 0.747. The van der Waals surface area contributed by atoms with Gasteiger partial charge in [0.05, 0.1) is 11.8 Å². The van der Waals surface area contributed by atoms with Crippen LogP contribution in [0.1, 0.15) is 18.4 Å². The minimum absolute atomic E-state index is 0.185. The molecule has 16 heavy (non-hydrogen) atoms. The average Bonchev–Trinajstić information content (AvgIpc) is 2.85. The van der Waals surface area contributed by atoms with Crippen molar-refractivity contribution in [3.05, 3.63) is 18.3 Å². The second-order valence-corrected chi connectivity index (χ2v) is 3.45. The van der Waals surface area contributed by atoms with Gasteiger partial charge in [-0.1, -0.05) is 5.16 Å². The van der Waals surface area contributed by atoms with Crippen molar-refractivity contribution in [2.24, 2.45) is 12.8 Å². The second-order valence-electron chi connectivity index (χ2n) is 3.45. The van der Waals surface area contributed by atoms with Crippen LogP contribution in [0.25, 0.3) is 11.4 Å². The van der Waals surface area contributed by atoms with E-state index in [0.717, 1.165) is 5.56 Å². The van der Waals surface area contributed by atoms with Crippen molar-refractivity contribution in [1.29, 1.82) is 0 Å². The zero-order valence-electron chi connectivity index (χ0n) is 8.87. The van der Waals surface area contributed by atoms with Crippen molar-refractivity contribution >= 4 is 0 Å². The lowest BCUT2D eigenvalue weighted by molar-refractivity contribution is 0.127. The van der Waals surface area contributed by atoms with Gasteiger partial charge in [-0.2, -0.15) is 10.1 Å². The maximum absolute atomic E-state index is 9.59. The molecule has 86 valence electrons. The lowest BCUT2D eigenvalue weighted by Crippen LogP contribution is -2.06. The van der Waals surface area contributed by atoms with E-state index in [1.165, 1.54) is 0 Å². The molecule has 0 aliphatic heterocycles. The Morgan fingerprint density at radius 2 is 2.44 bits per heavy atom. The zero-order chi connectivity index (χ0) is 11.5. The first-order valence-electron chi connectivity index (χ1n) is 4.91. The second kappa shape index (κ2) is 4.42. The number of nitrogens with zero attached hydrogens (tertiary/aromatic N) is 4. The maximum Gasteiger partial charge on any atom is 0.255 e. The van der Waals surface area contributed by atoms with Crippen molar-refractivity contribution < 1.29 is 9.63 Å². The summed E-state index contributed by atoms with van der Waals surface area (Å²) < 4.78 is 6.58. The molecular weight excluding hydrogens is 210 g/mol. The van der Waals surface area contributed by atoms with Crippen LogP contribution in [0.3, 0.4) is 0 Å². The fourth-order valence-electron chi connectivity index (χ4n) is 1.31. The highest BCUT2D eigenvalue weighted by Crippen LogP contribution is 2.19. The molecule has 3 N–H and O–H groups in total. The molecule has 1 atom stereocenters. The number of nitrogens with two attached hydrogens (primary N) is 1. The van der Waals surface area contributed by atoms with Crippen LogP contribution in [0.5, 0.6) is 0 Å². The number of hydrogen-bond donors (Lipinski definition) is 2. The van der Waals surface area contributed by atoms with Crippen LogP contribution in [0.4, 0.5) is 0 Å². The number of aliphatic hydroxyl groups is 1. The van der Waals surface area contributed by atoms with Gasteiger partial charge < -0.3 is 15.4 Å². The molecule has 0 aromatic carbocycles. The van der Waals surface area contributed by atoms with Gasteiger partial charge in [0.2, 0.25) is 5.82 Å². The highest BCUT2D eigenvalue weighted by molar-refractivity contribution is 5.50. The lowest BCUT2D eigenvalue weighted by Gasteiger charge is -2.00. The third kappa shape index (κ3) is 2.10. The predicted molar refractivity (Wildman–Crippen MR) is 55.1 cm³/mol. The molecule has 0 aliphatic rings. The molecule has 2 heterocycles. The largest absolute Gasteiger partial charge is 0.383 e. The van der Waals surface area contributed by atoms with Gasteiger partial charge in [-0.15, -0.1) is 0 Å². The summed E-state index contributed by atoms with van der Waals surface area (Å²) >= 11 is 0. The molecule has 7 nitrogen and oxygen atoms in total. The van der Waals surface area contributed by atoms with Crippen LogP contribution in [-0.4, -0.2) is 31.6 Å². The van der Waals surface area contributed by atoms with Gasteiger partial charge in [-0.25, -0.2) is 0 Å². The highest BCUT2D eigenvalue weighted by atomic mass is 16.5. The summed E-state index contributed by atoms with van der Waals surface area (Å²) in [6.07, 6.45) is 2.99. The van der Waals surface area contributed by atoms with Gasteiger partial charge in [0.15, 0.2) is 0 Å². The Kier molecular flexibility index (Phi) is 2.97. The van der Waals surface area contributed by atoms with Crippen molar-refractivity contribution in [2.45, 2.75) is 12.5 Å². The summed E-state index contributed by atoms with van der Waals surface area (Å²) in [6, 6.07) is 0. The minimum atomic E-state index is -0.803.